The van der Waals surface area contributed by atoms with E-state index in [1.54, 1.807) is 0 Å². The Balaban J connectivity index is -0.0000000800. The monoisotopic (exact) mass is 407 g/mol. The van der Waals surface area contributed by atoms with Crippen molar-refractivity contribution in [2.45, 2.75) is 0 Å². The molecule has 0 aliphatic carbocycles. The minimum absolute atomic E-state index is 0. The molecule has 0 amide bonds. The Kier molecular flexibility index (Phi) is 15.0. The van der Waals surface area contributed by atoms with Gasteiger partial charge in [-0.05, 0) is 0 Å². The molecule has 0 bridgehead atoms. The first-order valence-corrected chi connectivity index (χ1v) is 12.2. The van der Waals surface area contributed by atoms with Gasteiger partial charge in [0.05, 0.1) is 0 Å². The van der Waals surface area contributed by atoms with Crippen molar-refractivity contribution in [3.05, 3.63) is 0 Å². The molecule has 7 heavy (non-hydrogen) atoms. The molecule has 0 aliphatic heterocycles. The summed E-state index contributed by atoms with van der Waals surface area (Å²) in [5.41, 5.74) is -1.38. The maximum atomic E-state index is 3.27. The van der Waals surface area contributed by atoms with E-state index in [9.17, 15) is 0 Å². The summed E-state index contributed by atoms with van der Waals surface area (Å²) in [5.74, 6) is 0. The van der Waals surface area contributed by atoms with Crippen LogP contribution in [0.1, 0.15) is 0 Å². The molecule has 0 saturated heterocycles. The third-order valence-electron chi connectivity index (χ3n) is 0. The van der Waals surface area contributed by atoms with Crippen molar-refractivity contribution in [3.63, 3.8) is 0 Å². The van der Waals surface area contributed by atoms with Gasteiger partial charge in [0.25, 0.3) is 0 Å². The zero-order valence-corrected chi connectivity index (χ0v) is 10.4. The van der Waals surface area contributed by atoms with E-state index in [0.29, 0.717) is 0 Å². The Morgan fingerprint density at radius 3 is 0.714 bits per heavy atom. The molecule has 7 heteroatoms. The Morgan fingerprint density at radius 2 is 0.714 bits per heavy atom. The molecule has 0 aromatic heterocycles. The average Bonchev–Trinajstić information content (AvgIpc) is 0.722. The molecule has 0 saturated carbocycles. The van der Waals surface area contributed by atoms with E-state index in [1.165, 1.54) is 0 Å². The van der Waals surface area contributed by atoms with E-state index in [2.05, 4.69) is 56.4 Å². The summed E-state index contributed by atoms with van der Waals surface area (Å²) >= 11 is 13.1. The maximum absolute atomic E-state index is 3.27. The van der Waals surface area contributed by atoms with Gasteiger partial charge in [0, 0.05) is 0 Å². The van der Waals surface area contributed by atoms with E-state index in [4.69, 9.17) is 0 Å². The molecule has 0 fully saturated rings. The molecule has 0 spiro atoms. The van der Waals surface area contributed by atoms with Crippen LogP contribution < -0.4 is 0 Å². The standard InChI is InChI=1S/4BrH.Mn.2H2O/h4*1H;;2*1H2/q;;;;+4;;/p-4. The molecule has 0 aromatic rings. The molecule has 0 heterocycles. The second kappa shape index (κ2) is 6.48. The molecule has 51 valence electrons. The molecule has 0 atom stereocenters. The van der Waals surface area contributed by atoms with Gasteiger partial charge in [0.1, 0.15) is 0 Å². The van der Waals surface area contributed by atoms with Crippen LogP contribution in [0.15, 0.2) is 0 Å². The van der Waals surface area contributed by atoms with Crippen molar-refractivity contribution in [2.75, 3.05) is 0 Å². The van der Waals surface area contributed by atoms with Crippen LogP contribution in [0.2, 0.25) is 0 Å². The average molecular weight is 411 g/mol. The summed E-state index contributed by atoms with van der Waals surface area (Å²) in [6, 6.07) is 0. The van der Waals surface area contributed by atoms with Crippen molar-refractivity contribution in [3.8, 4) is 0 Å². The van der Waals surface area contributed by atoms with Crippen molar-refractivity contribution in [2.24, 2.45) is 0 Å². The SMILES string of the molecule is O.O.[Br][Mn]([Br])([Br])[Br]. The normalized spacial score (nSPS) is 10.9. The first-order chi connectivity index (χ1) is 2.00. The van der Waals surface area contributed by atoms with E-state index in [1.807, 2.05) is 0 Å². The summed E-state index contributed by atoms with van der Waals surface area (Å²) in [6.07, 6.45) is 0. The summed E-state index contributed by atoms with van der Waals surface area (Å²) in [6.45, 7) is 0. The molecule has 2 nitrogen and oxygen atoms in total. The fraction of sp³-hybridized carbons (Fsp3) is 0. The molecule has 0 rings (SSSR count). The van der Waals surface area contributed by atoms with E-state index >= 15 is 0 Å². The van der Waals surface area contributed by atoms with Gasteiger partial charge in [-0.25, -0.2) is 0 Å². The van der Waals surface area contributed by atoms with Crippen LogP contribution in [0.4, 0.5) is 0 Å². The van der Waals surface area contributed by atoms with Crippen molar-refractivity contribution in [1.29, 1.82) is 0 Å². The summed E-state index contributed by atoms with van der Waals surface area (Å²) < 4.78 is 0. The Bertz CT molecular complexity index is 25.2. The van der Waals surface area contributed by atoms with Gasteiger partial charge in [-0.2, -0.15) is 0 Å². The van der Waals surface area contributed by atoms with Crippen LogP contribution in [0, 0.1) is 0 Å². The quantitative estimate of drug-likeness (QED) is 0.546. The van der Waals surface area contributed by atoms with Crippen LogP contribution in [-0.2, 0) is 5.61 Å². The predicted octanol–water partition coefficient (Wildman–Crippen LogP) is 1.73. The van der Waals surface area contributed by atoms with Gasteiger partial charge in [-0.1, -0.05) is 0 Å². The summed E-state index contributed by atoms with van der Waals surface area (Å²) in [7, 11) is 0. The summed E-state index contributed by atoms with van der Waals surface area (Å²) in [4.78, 5) is 0. The zero-order chi connectivity index (χ0) is 4.50. The van der Waals surface area contributed by atoms with E-state index in [-0.39, 0.29) is 11.0 Å². The Morgan fingerprint density at radius 1 is 0.714 bits per heavy atom. The molecule has 0 aromatic carbocycles. The minimum atomic E-state index is -1.38. The fourth-order valence-corrected chi connectivity index (χ4v) is 0. The third kappa shape index (κ3) is 60.7. The second-order valence-corrected chi connectivity index (χ2v) is 36.1. The summed E-state index contributed by atoms with van der Waals surface area (Å²) in [5, 5.41) is 0. The topological polar surface area (TPSA) is 63.0 Å². The first kappa shape index (κ1) is 16.2. The van der Waals surface area contributed by atoms with Gasteiger partial charge in [0.2, 0.25) is 0 Å². The van der Waals surface area contributed by atoms with Gasteiger partial charge in [-0.15, -0.1) is 0 Å². The Hall–Kier alpha value is 2.36. The zero-order valence-electron chi connectivity index (χ0n) is 2.89. The van der Waals surface area contributed by atoms with Gasteiger partial charge in [-0.3, -0.25) is 0 Å². The molecular formula is H4Br4MnO2. The molecule has 0 radical (unpaired) electrons. The number of rotatable bonds is 0. The molecule has 4 N–H and O–H groups in total. The van der Waals surface area contributed by atoms with Crippen LogP contribution in [0.3, 0.4) is 0 Å². The van der Waals surface area contributed by atoms with Crippen LogP contribution in [0.5, 0.6) is 0 Å². The van der Waals surface area contributed by atoms with Crippen molar-refractivity contribution in [1.82, 2.24) is 0 Å². The van der Waals surface area contributed by atoms with Crippen LogP contribution in [0.25, 0.3) is 0 Å². The second-order valence-electron chi connectivity index (χ2n) is 0.324. The number of hydrogen-bond acceptors (Lipinski definition) is 0. The third-order valence-corrected chi connectivity index (χ3v) is 0. The Labute approximate surface area is 72.0 Å². The molecule has 0 unspecified atom stereocenters. The van der Waals surface area contributed by atoms with Crippen LogP contribution >= 0.6 is 56.4 Å². The van der Waals surface area contributed by atoms with Gasteiger partial charge >= 0.3 is 62.1 Å². The van der Waals surface area contributed by atoms with E-state index in [0.717, 1.165) is 0 Å². The number of halogens is 4. The van der Waals surface area contributed by atoms with Gasteiger partial charge < -0.3 is 11.0 Å². The van der Waals surface area contributed by atoms with Gasteiger partial charge in [0.15, 0.2) is 0 Å². The predicted molar refractivity (Wildman–Crippen MR) is 42.9 cm³/mol. The number of hydrogen-bond donors (Lipinski definition) is 0. The molecular weight excluding hydrogens is 407 g/mol. The van der Waals surface area contributed by atoms with Crippen molar-refractivity contribution >= 4 is 56.4 Å². The van der Waals surface area contributed by atoms with E-state index < -0.39 is 5.61 Å². The first-order valence-electron chi connectivity index (χ1n) is 0.571. The fourth-order valence-electron chi connectivity index (χ4n) is 0. The molecule has 0 aliphatic rings. The van der Waals surface area contributed by atoms with Crippen molar-refractivity contribution < 1.29 is 16.6 Å². The van der Waals surface area contributed by atoms with Crippen LogP contribution in [-0.4, -0.2) is 11.0 Å².